The highest BCUT2D eigenvalue weighted by Crippen LogP contribution is 2.45. The largest absolute Gasteiger partial charge is 0.344 e. The summed E-state index contributed by atoms with van der Waals surface area (Å²) in [4.78, 5) is 25.5. The van der Waals surface area contributed by atoms with E-state index in [2.05, 4.69) is 129 Å². The maximum atomic E-state index is 13.8. The van der Waals surface area contributed by atoms with Crippen LogP contribution in [0.25, 0.3) is 55.7 Å². The van der Waals surface area contributed by atoms with Gasteiger partial charge < -0.3 is 19.4 Å². The summed E-state index contributed by atoms with van der Waals surface area (Å²) in [7, 11) is 1.99. The monoisotopic (exact) mass is 1050 g/mol. The molecule has 0 radical (unpaired) electrons. The molecular weight excluding hydrogens is 974 g/mol. The minimum absolute atomic E-state index is 0.0978. The second-order valence-electron chi connectivity index (χ2n) is 21.7. The number of halogens is 3. The minimum atomic E-state index is -0.284. The molecule has 7 nitrogen and oxygen atoms in total. The third-order valence-corrected chi connectivity index (χ3v) is 13.9. The molecule has 0 aliphatic carbocycles. The fourth-order valence-electron chi connectivity index (χ4n) is 10.4. The van der Waals surface area contributed by atoms with Crippen LogP contribution in [0.5, 0.6) is 0 Å². The maximum Gasteiger partial charge on any atom is 0.258 e. The molecule has 9 rings (SSSR count). The number of aromatic nitrogens is 4. The molecule has 1 amide bonds. The van der Waals surface area contributed by atoms with Crippen molar-refractivity contribution in [2.75, 3.05) is 23.8 Å². The van der Waals surface area contributed by atoms with Crippen molar-refractivity contribution >= 4 is 28.4 Å². The molecule has 0 aliphatic rings. The molecule has 78 heavy (non-hydrogen) atoms. The van der Waals surface area contributed by atoms with Crippen LogP contribution < -0.4 is 10.2 Å². The van der Waals surface area contributed by atoms with E-state index in [0.717, 1.165) is 74.3 Å². The van der Waals surface area contributed by atoms with Gasteiger partial charge >= 0.3 is 0 Å². The lowest BCUT2D eigenvalue weighted by molar-refractivity contribution is 0.102. The predicted octanol–water partition coefficient (Wildman–Crippen LogP) is 19.1. The maximum absolute atomic E-state index is 13.8. The molecule has 10 heteroatoms. The number of hydrogen-bond acceptors (Lipinski definition) is 4. The van der Waals surface area contributed by atoms with Crippen LogP contribution >= 0.6 is 0 Å². The van der Waals surface area contributed by atoms with Crippen molar-refractivity contribution < 1.29 is 18.0 Å². The number of amides is 1. The number of anilines is 2. The summed E-state index contributed by atoms with van der Waals surface area (Å²) in [6.45, 7) is 28.8. The van der Waals surface area contributed by atoms with E-state index in [0.29, 0.717) is 29.4 Å². The van der Waals surface area contributed by atoms with Crippen molar-refractivity contribution in [3.05, 3.63) is 203 Å². The first-order valence-corrected chi connectivity index (χ1v) is 27.5. The van der Waals surface area contributed by atoms with Crippen molar-refractivity contribution in [1.82, 2.24) is 19.1 Å². The molecule has 9 aromatic rings. The summed E-state index contributed by atoms with van der Waals surface area (Å²) in [5.74, 6) is 0.967. The average molecular weight is 1050 g/mol. The number of fused-ring (bicyclic) bond motifs is 1. The smallest absolute Gasteiger partial charge is 0.258 e. The van der Waals surface area contributed by atoms with Crippen LogP contribution in [0.15, 0.2) is 158 Å². The number of nitrogens with one attached hydrogen (secondary N) is 1. The highest BCUT2D eigenvalue weighted by molar-refractivity contribution is 6.12. The van der Waals surface area contributed by atoms with Gasteiger partial charge in [-0.05, 0) is 154 Å². The van der Waals surface area contributed by atoms with E-state index in [4.69, 9.17) is 9.97 Å². The minimum Gasteiger partial charge on any atom is -0.344 e. The zero-order valence-corrected chi connectivity index (χ0v) is 48.0. The summed E-state index contributed by atoms with van der Waals surface area (Å²) in [5.41, 5.74) is 15.0. The van der Waals surface area contributed by atoms with E-state index in [1.807, 2.05) is 84.7 Å². The van der Waals surface area contributed by atoms with Gasteiger partial charge in [0.05, 0.1) is 22.6 Å². The lowest BCUT2D eigenvalue weighted by atomic mass is 9.91. The van der Waals surface area contributed by atoms with Gasteiger partial charge in [0.25, 0.3) is 5.91 Å². The molecule has 0 bridgehead atoms. The van der Waals surface area contributed by atoms with Crippen LogP contribution in [0.1, 0.15) is 159 Å². The molecule has 3 heterocycles. The average Bonchev–Trinajstić information content (AvgIpc) is 4.10. The molecule has 0 aliphatic heterocycles. The molecule has 6 aromatic carbocycles. The molecule has 1 N–H and O–H groups in total. The zero-order valence-electron chi connectivity index (χ0n) is 48.0. The molecule has 0 unspecified atom stereocenters. The Morgan fingerprint density at radius 1 is 0.513 bits per heavy atom. The Balaban J connectivity index is 0.000000175. The topological polar surface area (TPSA) is 68.0 Å². The van der Waals surface area contributed by atoms with Crippen LogP contribution in [-0.2, 0) is 0 Å². The second kappa shape index (κ2) is 25.6. The van der Waals surface area contributed by atoms with E-state index in [-0.39, 0.29) is 35.3 Å². The third kappa shape index (κ3) is 12.8. The van der Waals surface area contributed by atoms with Crippen LogP contribution in [-0.4, -0.2) is 38.6 Å². The zero-order chi connectivity index (χ0) is 56.5. The second-order valence-corrected chi connectivity index (χ2v) is 21.7. The summed E-state index contributed by atoms with van der Waals surface area (Å²) in [5, 5.41) is 4.33. The normalized spacial score (nSPS) is 11.4. The number of carbonyl (C=O) groups is 1. The molecule has 0 spiro atoms. The SMILES string of the molecule is CC(C)c1c(-c2ccc(F)cc2)c2ccccc2n1C(C)C.CC(C)c1c(C(=O)Nc2ccccc2)c(-c2ccccc2)c(-c2ccc(F)cc2)n1C(C)C.CCN(C)c1nc(-c2ccc(F)cc2)c(C(C)C)c(C(C)C)n1. The first-order chi connectivity index (χ1) is 37.2. The number of benzene rings is 6. The lowest BCUT2D eigenvalue weighted by Gasteiger charge is -2.23. The van der Waals surface area contributed by atoms with Gasteiger partial charge in [0.2, 0.25) is 5.95 Å². The van der Waals surface area contributed by atoms with Crippen molar-refractivity contribution in [2.45, 2.75) is 126 Å². The summed E-state index contributed by atoms with van der Waals surface area (Å²) >= 11 is 0. The molecule has 0 saturated heterocycles. The van der Waals surface area contributed by atoms with Crippen molar-refractivity contribution in [3.8, 4) is 44.8 Å². The standard InChI is InChI=1S/C29H29FN2O.C20H22FN.C19H26FN3/c1-19(2)27-26(29(33)31-24-13-9-6-10-14-24)25(21-11-7-5-8-12-21)28(32(27)20(3)4)22-15-17-23(30)18-16-22;1-13(2)20-19(15-9-11-16(21)12-10-15)17-7-5-6-8-18(17)22(20)14(3)4;1-7-23(6)19-21-17(13(4)5)16(12(2)3)18(22-19)14-8-10-15(20)11-9-14/h5-20H,1-4H3,(H,31,33);5-14H,1-4H3;8-13H,7H2,1-6H3. The molecule has 0 saturated carbocycles. The first kappa shape index (κ1) is 58.0. The Morgan fingerprint density at radius 3 is 1.47 bits per heavy atom. The quantitative estimate of drug-likeness (QED) is 0.118. The van der Waals surface area contributed by atoms with Crippen LogP contribution in [0, 0.1) is 17.5 Å². The summed E-state index contributed by atoms with van der Waals surface area (Å²) < 4.78 is 45.0. The highest BCUT2D eigenvalue weighted by Gasteiger charge is 2.32. The van der Waals surface area contributed by atoms with E-state index >= 15 is 0 Å². The first-order valence-electron chi connectivity index (χ1n) is 27.5. The van der Waals surface area contributed by atoms with Crippen LogP contribution in [0.4, 0.5) is 24.8 Å². The van der Waals surface area contributed by atoms with E-state index in [1.54, 1.807) is 36.4 Å². The fourth-order valence-corrected chi connectivity index (χ4v) is 10.4. The molecule has 0 atom stereocenters. The van der Waals surface area contributed by atoms with Gasteiger partial charge in [-0.2, -0.15) is 0 Å². The number of hydrogen-bond donors (Lipinski definition) is 1. The van der Waals surface area contributed by atoms with Crippen LogP contribution in [0.2, 0.25) is 0 Å². The molecule has 0 fully saturated rings. The van der Waals surface area contributed by atoms with Gasteiger partial charge in [-0.15, -0.1) is 0 Å². The van der Waals surface area contributed by atoms with Gasteiger partial charge in [-0.3, -0.25) is 4.79 Å². The van der Waals surface area contributed by atoms with Crippen LogP contribution in [0.3, 0.4) is 0 Å². The van der Waals surface area contributed by atoms with Gasteiger partial charge in [0.1, 0.15) is 17.5 Å². The summed E-state index contributed by atoms with van der Waals surface area (Å²) in [6.07, 6.45) is 0. The van der Waals surface area contributed by atoms with E-state index in [1.165, 1.54) is 46.4 Å². The third-order valence-electron chi connectivity index (χ3n) is 13.9. The number of rotatable bonds is 14. The Labute approximate surface area is 461 Å². The van der Waals surface area contributed by atoms with Crippen molar-refractivity contribution in [2.24, 2.45) is 0 Å². The van der Waals surface area contributed by atoms with Gasteiger partial charge in [-0.25, -0.2) is 23.1 Å². The molecular formula is C68H77F3N6O. The Hall–Kier alpha value is -7.72. The number of nitrogens with zero attached hydrogens (tertiary/aromatic N) is 5. The fraction of sp³-hybridized carbons (Fsp3) is 0.309. The molecule has 3 aromatic heterocycles. The van der Waals surface area contributed by atoms with Gasteiger partial charge in [0.15, 0.2) is 0 Å². The van der Waals surface area contributed by atoms with Gasteiger partial charge in [0, 0.05) is 75.9 Å². The van der Waals surface area contributed by atoms with E-state index in [9.17, 15) is 18.0 Å². The highest BCUT2D eigenvalue weighted by atomic mass is 19.1. The number of para-hydroxylation sites is 2. The van der Waals surface area contributed by atoms with Crippen molar-refractivity contribution in [3.63, 3.8) is 0 Å². The van der Waals surface area contributed by atoms with E-state index < -0.39 is 0 Å². The number of carbonyl (C=O) groups excluding carboxylic acids is 1. The predicted molar refractivity (Wildman–Crippen MR) is 320 cm³/mol. The Morgan fingerprint density at radius 2 is 0.987 bits per heavy atom. The Bertz CT molecular complexity index is 3410. The lowest BCUT2D eigenvalue weighted by Crippen LogP contribution is -2.21. The van der Waals surface area contributed by atoms with Crippen molar-refractivity contribution in [1.29, 1.82) is 0 Å². The Kier molecular flexibility index (Phi) is 19.0. The molecule has 406 valence electrons. The summed E-state index contributed by atoms with van der Waals surface area (Å²) in [6, 6.07) is 48.4. The van der Waals surface area contributed by atoms with Gasteiger partial charge in [-0.1, -0.05) is 134 Å².